The number of ether oxygens (including phenoxy) is 1. The summed E-state index contributed by atoms with van der Waals surface area (Å²) in [6.07, 6.45) is 0.910. The van der Waals surface area contributed by atoms with Gasteiger partial charge >= 0.3 is 6.18 Å². The number of nitrogens with one attached hydrogen (secondary N) is 3. The van der Waals surface area contributed by atoms with Crippen LogP contribution >= 0.6 is 0 Å². The van der Waals surface area contributed by atoms with E-state index in [1.54, 1.807) is 22.9 Å². The number of allylic oxidation sites excluding steroid dienone is 2. The number of aliphatic imine (C=N–C) groups is 1. The van der Waals surface area contributed by atoms with Crippen LogP contribution in [-0.4, -0.2) is 60.1 Å². The minimum Gasteiger partial charge on any atom is -0.382 e. The van der Waals surface area contributed by atoms with E-state index in [4.69, 9.17) is 4.74 Å². The summed E-state index contributed by atoms with van der Waals surface area (Å²) < 4.78 is 78.5. The maximum absolute atomic E-state index is 15.0. The van der Waals surface area contributed by atoms with Gasteiger partial charge in [-0.2, -0.15) is 13.2 Å². The molecule has 0 spiro atoms. The lowest BCUT2D eigenvalue weighted by molar-refractivity contribution is -0.112. The van der Waals surface area contributed by atoms with Crippen LogP contribution in [0.1, 0.15) is 41.4 Å². The lowest BCUT2D eigenvalue weighted by Gasteiger charge is -2.38. The summed E-state index contributed by atoms with van der Waals surface area (Å²) in [7, 11) is 0. The predicted octanol–water partition coefficient (Wildman–Crippen LogP) is 4.42. The number of amides is 1. The van der Waals surface area contributed by atoms with Gasteiger partial charge in [-0.05, 0) is 48.9 Å². The molecule has 4 aliphatic rings. The highest BCUT2D eigenvalue weighted by atomic mass is 19.4. The minimum absolute atomic E-state index is 0.0764. The number of benzene rings is 2. The van der Waals surface area contributed by atoms with Crippen LogP contribution in [-0.2, 0) is 16.1 Å². The van der Waals surface area contributed by atoms with Gasteiger partial charge in [-0.25, -0.2) is 18.8 Å². The molecule has 1 unspecified atom stereocenters. The zero-order valence-corrected chi connectivity index (χ0v) is 25.8. The maximum atomic E-state index is 15.0. The molecule has 0 saturated carbocycles. The van der Waals surface area contributed by atoms with Crippen molar-refractivity contribution in [1.82, 2.24) is 9.88 Å². The number of halogens is 5. The fourth-order valence-corrected chi connectivity index (χ4v) is 6.18. The molecule has 48 heavy (non-hydrogen) atoms. The molecule has 1 amide bonds. The SMILES string of the molecule is CC1CNc2c3c(ccc2=C2C=C(C(F)(F)F)Cn4ccc1c42)=NC(C(=O)c1cc(F)c(NC(=O)/C=C/CNC2(C)COC2)c(F)c1)=N3. The fraction of sp³-hybridized carbons (Fsp3) is 0.294. The van der Waals surface area contributed by atoms with Crippen molar-refractivity contribution in [1.29, 1.82) is 0 Å². The van der Waals surface area contributed by atoms with Crippen molar-refractivity contribution in [2.24, 2.45) is 9.98 Å². The molecule has 248 valence electrons. The van der Waals surface area contributed by atoms with Crippen molar-refractivity contribution in [2.75, 3.05) is 36.9 Å². The number of carbonyl (C=O) groups is 2. The molecule has 0 radical (unpaired) electrons. The van der Waals surface area contributed by atoms with Crippen LogP contribution in [0.25, 0.3) is 5.57 Å². The molecule has 0 bridgehead atoms. The fourth-order valence-electron chi connectivity index (χ4n) is 6.18. The zero-order valence-electron chi connectivity index (χ0n) is 25.8. The van der Waals surface area contributed by atoms with Gasteiger partial charge < -0.3 is 25.3 Å². The number of ketones is 1. The Morgan fingerprint density at radius 1 is 1.15 bits per heavy atom. The molecule has 2 aromatic carbocycles. The van der Waals surface area contributed by atoms with Crippen LogP contribution in [0.2, 0.25) is 0 Å². The average Bonchev–Trinajstić information content (AvgIpc) is 3.65. The first-order valence-electron chi connectivity index (χ1n) is 15.2. The molecule has 7 rings (SSSR count). The molecule has 1 atom stereocenters. The number of hydrogen-bond acceptors (Lipinski definition) is 7. The third-order valence-electron chi connectivity index (χ3n) is 8.79. The normalized spacial score (nSPS) is 19.1. The topological polar surface area (TPSA) is 109 Å². The van der Waals surface area contributed by atoms with Crippen molar-refractivity contribution in [3.05, 3.63) is 99.4 Å². The highest BCUT2D eigenvalue weighted by molar-refractivity contribution is 6.46. The van der Waals surface area contributed by atoms with E-state index in [2.05, 4.69) is 25.9 Å². The van der Waals surface area contributed by atoms with Crippen LogP contribution in [0.3, 0.4) is 0 Å². The van der Waals surface area contributed by atoms with Crippen LogP contribution < -0.4 is 26.5 Å². The lowest BCUT2D eigenvalue weighted by atomic mass is 9.91. The Bertz CT molecular complexity index is 2090. The maximum Gasteiger partial charge on any atom is 0.414 e. The first-order chi connectivity index (χ1) is 22.8. The number of hydrogen-bond donors (Lipinski definition) is 3. The van der Waals surface area contributed by atoms with Gasteiger partial charge in [0.1, 0.15) is 23.0 Å². The number of aromatic nitrogens is 1. The molecule has 1 fully saturated rings. The van der Waals surface area contributed by atoms with Gasteiger partial charge in [0.2, 0.25) is 17.5 Å². The molecule has 9 nitrogen and oxygen atoms in total. The van der Waals surface area contributed by atoms with E-state index in [0.717, 1.165) is 29.8 Å². The Morgan fingerprint density at radius 2 is 1.90 bits per heavy atom. The van der Waals surface area contributed by atoms with Crippen LogP contribution in [0.15, 0.2) is 70.3 Å². The number of nitrogens with zero attached hydrogens (tertiary/aromatic N) is 3. The second-order valence-corrected chi connectivity index (χ2v) is 12.5. The molecule has 0 aliphatic carbocycles. The van der Waals surface area contributed by atoms with Gasteiger partial charge in [-0.1, -0.05) is 13.0 Å². The average molecular weight is 665 g/mol. The second-order valence-electron chi connectivity index (χ2n) is 12.5. The van der Waals surface area contributed by atoms with Gasteiger partial charge in [0.25, 0.3) is 0 Å². The number of Topliss-reactive ketones (excluding diaryl/α,β-unsaturated/α-hetero) is 1. The van der Waals surface area contributed by atoms with E-state index in [0.29, 0.717) is 48.5 Å². The van der Waals surface area contributed by atoms with Gasteiger partial charge in [0.05, 0.1) is 47.6 Å². The summed E-state index contributed by atoms with van der Waals surface area (Å²) in [6, 6.07) is 6.56. The molecule has 3 N–H and O–H groups in total. The molecule has 5 heterocycles. The van der Waals surface area contributed by atoms with Crippen LogP contribution in [0, 0.1) is 11.6 Å². The minimum atomic E-state index is -4.54. The molecule has 1 aromatic heterocycles. The van der Waals surface area contributed by atoms with E-state index in [1.807, 2.05) is 19.9 Å². The van der Waals surface area contributed by atoms with Gasteiger partial charge in [-0.3, -0.25) is 9.59 Å². The van der Waals surface area contributed by atoms with E-state index >= 15 is 8.78 Å². The third-order valence-corrected chi connectivity index (χ3v) is 8.79. The molecular formula is C34H29F5N6O3. The Kier molecular flexibility index (Phi) is 7.67. The predicted molar refractivity (Wildman–Crippen MR) is 168 cm³/mol. The first-order valence-corrected chi connectivity index (χ1v) is 15.2. The monoisotopic (exact) mass is 664 g/mol. The van der Waals surface area contributed by atoms with Gasteiger partial charge in [0.15, 0.2) is 0 Å². The summed E-state index contributed by atoms with van der Waals surface area (Å²) in [6.45, 7) is 5.45. The van der Waals surface area contributed by atoms with Gasteiger partial charge in [-0.15, -0.1) is 0 Å². The Labute approximate surface area is 270 Å². The quantitative estimate of drug-likeness (QED) is 0.197. The zero-order chi connectivity index (χ0) is 34.0. The van der Waals surface area contributed by atoms with Crippen molar-refractivity contribution < 1.29 is 36.3 Å². The number of anilines is 2. The number of rotatable bonds is 7. The number of fused-ring (bicyclic) bond motifs is 3. The Morgan fingerprint density at radius 3 is 2.58 bits per heavy atom. The Hall–Kier alpha value is -4.95. The highest BCUT2D eigenvalue weighted by Crippen LogP contribution is 2.39. The molecule has 14 heteroatoms. The lowest BCUT2D eigenvalue weighted by Crippen LogP contribution is -2.58. The second kappa shape index (κ2) is 11.6. The third kappa shape index (κ3) is 5.64. The smallest absolute Gasteiger partial charge is 0.382 e. The van der Waals surface area contributed by atoms with Crippen molar-refractivity contribution in [3.8, 4) is 0 Å². The van der Waals surface area contributed by atoms with E-state index in [1.165, 1.54) is 6.08 Å². The van der Waals surface area contributed by atoms with E-state index in [-0.39, 0.29) is 40.4 Å². The highest BCUT2D eigenvalue weighted by Gasteiger charge is 2.38. The standard InChI is InChI=1S/C34H29F5N6O3/c1-17-13-40-27-21(22-12-19(34(37,38)39)14-45-9-7-20(17)30(22)45)5-6-25-29(27)44-32(42-25)31(47)18-10-23(35)28(24(36)11-18)43-26(46)4-3-8-41-33(2)15-48-16-33/h3-7,9-12,17,40-41H,8,13-16H2,1-2H3,(H,43,46)/b4-3+,22-21?. The van der Waals surface area contributed by atoms with Crippen LogP contribution in [0.5, 0.6) is 0 Å². The number of amidine groups is 1. The van der Waals surface area contributed by atoms with Gasteiger partial charge in [0, 0.05) is 47.6 Å². The summed E-state index contributed by atoms with van der Waals surface area (Å²) >= 11 is 0. The molecule has 3 aromatic rings. The van der Waals surface area contributed by atoms with Crippen molar-refractivity contribution in [2.45, 2.75) is 38.0 Å². The largest absolute Gasteiger partial charge is 0.414 e. The summed E-state index contributed by atoms with van der Waals surface area (Å²) in [5.74, 6) is -4.42. The summed E-state index contributed by atoms with van der Waals surface area (Å²) in [4.78, 5) is 34.4. The molecular weight excluding hydrogens is 635 g/mol. The van der Waals surface area contributed by atoms with Crippen molar-refractivity contribution in [3.63, 3.8) is 0 Å². The number of alkyl halides is 3. The Balaban J connectivity index is 1.18. The van der Waals surface area contributed by atoms with E-state index < -0.39 is 40.8 Å². The van der Waals surface area contributed by atoms with E-state index in [9.17, 15) is 22.8 Å². The summed E-state index contributed by atoms with van der Waals surface area (Å²) in [5, 5.41) is 9.36. The van der Waals surface area contributed by atoms with Crippen molar-refractivity contribution >= 4 is 40.2 Å². The number of carbonyl (C=O) groups excluding carboxylic acids is 2. The molecule has 4 aliphatic heterocycles. The molecule has 1 saturated heterocycles. The summed E-state index contributed by atoms with van der Waals surface area (Å²) in [5.41, 5.74) is 0.559. The van der Waals surface area contributed by atoms with Crippen LogP contribution in [0.4, 0.5) is 39.0 Å². The first kappa shape index (κ1) is 31.6.